The van der Waals surface area contributed by atoms with Crippen molar-refractivity contribution in [2.75, 3.05) is 0 Å². The predicted molar refractivity (Wildman–Crippen MR) is 77.5 cm³/mol. The number of H-pyrrole nitrogens is 1. The van der Waals surface area contributed by atoms with Crippen molar-refractivity contribution < 1.29 is 8.42 Å². The van der Waals surface area contributed by atoms with E-state index in [0.29, 0.717) is 17.5 Å². The van der Waals surface area contributed by atoms with Gasteiger partial charge in [-0.25, -0.2) is 13.1 Å². The topological polar surface area (TPSA) is 74.0 Å². The molecule has 0 aliphatic carbocycles. The van der Waals surface area contributed by atoms with Gasteiger partial charge in [-0.15, -0.1) is 0 Å². The van der Waals surface area contributed by atoms with Crippen LogP contribution in [0.2, 0.25) is 0 Å². The van der Waals surface area contributed by atoms with Crippen LogP contribution in [0.5, 0.6) is 0 Å². The van der Waals surface area contributed by atoms with Crippen LogP contribution in [0.25, 0.3) is 0 Å². The Morgan fingerprint density at radius 2 is 1.89 bits per heavy atom. The fourth-order valence-electron chi connectivity index (χ4n) is 1.73. The summed E-state index contributed by atoms with van der Waals surface area (Å²) in [6.45, 7) is 8.69. The SMILES string of the molecule is CCC(CC)NS(=O)(=O)c1c[nH]c(CNC(C)C)c1. The maximum atomic E-state index is 12.2. The van der Waals surface area contributed by atoms with E-state index < -0.39 is 10.0 Å². The Labute approximate surface area is 116 Å². The smallest absolute Gasteiger partial charge is 0.242 e. The lowest BCUT2D eigenvalue weighted by atomic mass is 10.2. The largest absolute Gasteiger partial charge is 0.363 e. The summed E-state index contributed by atoms with van der Waals surface area (Å²) in [5.74, 6) is 0. The van der Waals surface area contributed by atoms with E-state index in [1.54, 1.807) is 12.3 Å². The Hall–Kier alpha value is -0.850. The molecule has 1 heterocycles. The maximum absolute atomic E-state index is 12.2. The Morgan fingerprint density at radius 1 is 1.26 bits per heavy atom. The van der Waals surface area contributed by atoms with Crippen LogP contribution in [0.1, 0.15) is 46.2 Å². The molecule has 0 aliphatic heterocycles. The average Bonchev–Trinajstić information content (AvgIpc) is 2.83. The van der Waals surface area contributed by atoms with E-state index in [-0.39, 0.29) is 6.04 Å². The van der Waals surface area contributed by atoms with Gasteiger partial charge in [0.25, 0.3) is 0 Å². The molecule has 1 rings (SSSR count). The molecule has 0 aliphatic rings. The Bertz CT molecular complexity index is 476. The van der Waals surface area contributed by atoms with Gasteiger partial charge in [-0.2, -0.15) is 0 Å². The van der Waals surface area contributed by atoms with Crippen LogP contribution in [0.3, 0.4) is 0 Å². The van der Waals surface area contributed by atoms with Crippen LogP contribution in [-0.4, -0.2) is 25.5 Å². The Morgan fingerprint density at radius 3 is 2.42 bits per heavy atom. The van der Waals surface area contributed by atoms with E-state index >= 15 is 0 Å². The highest BCUT2D eigenvalue weighted by molar-refractivity contribution is 7.89. The second kappa shape index (κ2) is 7.07. The second-order valence-corrected chi connectivity index (χ2v) is 6.74. The molecule has 0 spiro atoms. The van der Waals surface area contributed by atoms with Crippen LogP contribution in [0.15, 0.2) is 17.2 Å². The summed E-state index contributed by atoms with van der Waals surface area (Å²) in [5.41, 5.74) is 0.874. The molecule has 0 fully saturated rings. The lowest BCUT2D eigenvalue weighted by Crippen LogP contribution is -2.33. The maximum Gasteiger partial charge on any atom is 0.242 e. The quantitative estimate of drug-likeness (QED) is 0.684. The lowest BCUT2D eigenvalue weighted by molar-refractivity contribution is 0.530. The molecule has 0 aromatic carbocycles. The van der Waals surface area contributed by atoms with Crippen LogP contribution >= 0.6 is 0 Å². The summed E-state index contributed by atoms with van der Waals surface area (Å²) in [4.78, 5) is 3.30. The van der Waals surface area contributed by atoms with Crippen molar-refractivity contribution in [1.82, 2.24) is 15.0 Å². The Kier molecular flexibility index (Phi) is 6.03. The van der Waals surface area contributed by atoms with E-state index in [0.717, 1.165) is 18.5 Å². The van der Waals surface area contributed by atoms with E-state index in [1.807, 2.05) is 13.8 Å². The van der Waals surface area contributed by atoms with Gasteiger partial charge >= 0.3 is 0 Å². The fraction of sp³-hybridized carbons (Fsp3) is 0.692. The molecule has 0 radical (unpaired) electrons. The summed E-state index contributed by atoms with van der Waals surface area (Å²) < 4.78 is 27.0. The van der Waals surface area contributed by atoms with Crippen molar-refractivity contribution >= 4 is 10.0 Å². The molecule has 0 bridgehead atoms. The minimum atomic E-state index is -3.41. The minimum Gasteiger partial charge on any atom is -0.363 e. The molecule has 110 valence electrons. The van der Waals surface area contributed by atoms with Crippen LogP contribution in [0, 0.1) is 0 Å². The molecule has 0 saturated carbocycles. The van der Waals surface area contributed by atoms with Gasteiger partial charge < -0.3 is 10.3 Å². The van der Waals surface area contributed by atoms with Gasteiger partial charge in [-0.3, -0.25) is 0 Å². The zero-order chi connectivity index (χ0) is 14.5. The highest BCUT2D eigenvalue weighted by atomic mass is 32.2. The molecule has 0 amide bonds. The van der Waals surface area contributed by atoms with E-state index in [1.165, 1.54) is 0 Å². The highest BCUT2D eigenvalue weighted by Gasteiger charge is 2.19. The van der Waals surface area contributed by atoms with Gasteiger partial charge in [0.1, 0.15) is 0 Å². The number of aromatic amines is 1. The molecule has 5 nitrogen and oxygen atoms in total. The first-order valence-electron chi connectivity index (χ1n) is 6.82. The summed E-state index contributed by atoms with van der Waals surface area (Å²) >= 11 is 0. The zero-order valence-electron chi connectivity index (χ0n) is 12.2. The molecule has 1 aromatic rings. The number of hydrogen-bond acceptors (Lipinski definition) is 3. The standard InChI is InChI=1S/C13H25N3O2S/c1-5-11(6-2)16-19(17,18)13-7-12(15-9-13)8-14-10(3)4/h7,9-11,14-16H,5-6,8H2,1-4H3. The van der Waals surface area contributed by atoms with Gasteiger partial charge in [0, 0.05) is 30.5 Å². The van der Waals surface area contributed by atoms with E-state index in [4.69, 9.17) is 0 Å². The monoisotopic (exact) mass is 287 g/mol. The summed E-state index contributed by atoms with van der Waals surface area (Å²) in [7, 11) is -3.41. The van der Waals surface area contributed by atoms with Crippen molar-refractivity contribution in [3.8, 4) is 0 Å². The lowest BCUT2D eigenvalue weighted by Gasteiger charge is -2.13. The van der Waals surface area contributed by atoms with Crippen LogP contribution < -0.4 is 10.0 Å². The number of rotatable bonds is 8. The first-order valence-corrected chi connectivity index (χ1v) is 8.30. The first-order chi connectivity index (χ1) is 8.89. The zero-order valence-corrected chi connectivity index (χ0v) is 13.0. The average molecular weight is 287 g/mol. The third-order valence-corrected chi connectivity index (χ3v) is 4.53. The van der Waals surface area contributed by atoms with Crippen molar-refractivity contribution in [2.24, 2.45) is 0 Å². The van der Waals surface area contributed by atoms with Crippen molar-refractivity contribution in [1.29, 1.82) is 0 Å². The molecule has 1 aromatic heterocycles. The molecule has 0 saturated heterocycles. The van der Waals surface area contributed by atoms with Crippen molar-refractivity contribution in [2.45, 2.75) is 64.1 Å². The molecule has 6 heteroatoms. The molecular formula is C13H25N3O2S. The van der Waals surface area contributed by atoms with Gasteiger partial charge in [0.15, 0.2) is 0 Å². The molecule has 0 atom stereocenters. The second-order valence-electron chi connectivity index (χ2n) is 5.03. The first kappa shape index (κ1) is 16.2. The minimum absolute atomic E-state index is 0.00265. The van der Waals surface area contributed by atoms with Gasteiger partial charge in [0.05, 0.1) is 4.90 Å². The predicted octanol–water partition coefficient (Wildman–Crippen LogP) is 1.98. The Balaban J connectivity index is 2.74. The number of nitrogens with one attached hydrogen (secondary N) is 3. The molecular weight excluding hydrogens is 262 g/mol. The third kappa shape index (κ3) is 4.97. The van der Waals surface area contributed by atoms with Crippen LogP contribution in [-0.2, 0) is 16.6 Å². The van der Waals surface area contributed by atoms with Crippen molar-refractivity contribution in [3.05, 3.63) is 18.0 Å². The number of sulfonamides is 1. The fourth-order valence-corrected chi connectivity index (χ4v) is 3.15. The molecule has 3 N–H and O–H groups in total. The number of aromatic nitrogens is 1. The van der Waals surface area contributed by atoms with Crippen molar-refractivity contribution in [3.63, 3.8) is 0 Å². The van der Waals surface area contributed by atoms with Gasteiger partial charge in [-0.05, 0) is 18.9 Å². The summed E-state index contributed by atoms with van der Waals surface area (Å²) in [5, 5.41) is 3.24. The van der Waals surface area contributed by atoms with Gasteiger partial charge in [-0.1, -0.05) is 27.7 Å². The summed E-state index contributed by atoms with van der Waals surface area (Å²) in [6.07, 6.45) is 3.13. The molecule has 0 unspecified atom stereocenters. The normalized spacial score (nSPS) is 12.5. The van der Waals surface area contributed by atoms with E-state index in [2.05, 4.69) is 28.9 Å². The third-order valence-electron chi connectivity index (χ3n) is 3.03. The number of hydrogen-bond donors (Lipinski definition) is 3. The van der Waals surface area contributed by atoms with Gasteiger partial charge in [0.2, 0.25) is 10.0 Å². The van der Waals surface area contributed by atoms with Crippen LogP contribution in [0.4, 0.5) is 0 Å². The summed E-state index contributed by atoms with van der Waals surface area (Å²) in [6, 6.07) is 2.04. The van der Waals surface area contributed by atoms with E-state index in [9.17, 15) is 8.42 Å². The highest BCUT2D eigenvalue weighted by Crippen LogP contribution is 2.12. The molecule has 19 heavy (non-hydrogen) atoms.